The molecule has 20 heavy (non-hydrogen) atoms. The van der Waals surface area contributed by atoms with Gasteiger partial charge in [0.15, 0.2) is 0 Å². The predicted molar refractivity (Wildman–Crippen MR) is 89.8 cm³/mol. The SMILES string of the molecule is CCCNC(c1ccc(OCC)cc1)c1ccc(Br)s1. The van der Waals surface area contributed by atoms with Crippen LogP contribution in [0.4, 0.5) is 0 Å². The maximum absolute atomic E-state index is 5.51. The number of benzene rings is 1. The van der Waals surface area contributed by atoms with Crippen LogP contribution in [-0.2, 0) is 0 Å². The van der Waals surface area contributed by atoms with Crippen molar-refractivity contribution in [1.82, 2.24) is 5.32 Å². The van der Waals surface area contributed by atoms with Crippen molar-refractivity contribution in [2.24, 2.45) is 0 Å². The Hall–Kier alpha value is -0.840. The standard InChI is InChI=1S/C16H20BrNOS/c1-3-11-18-16(14-9-10-15(17)20-14)12-5-7-13(8-6-12)19-4-2/h5-10,16,18H,3-4,11H2,1-2H3. The van der Waals surface area contributed by atoms with Crippen LogP contribution in [0.1, 0.15) is 36.8 Å². The molecule has 0 saturated carbocycles. The van der Waals surface area contributed by atoms with Crippen LogP contribution in [-0.4, -0.2) is 13.2 Å². The third-order valence-corrected chi connectivity index (χ3v) is 4.69. The van der Waals surface area contributed by atoms with E-state index in [9.17, 15) is 0 Å². The van der Waals surface area contributed by atoms with Gasteiger partial charge in [-0.3, -0.25) is 0 Å². The van der Waals surface area contributed by atoms with E-state index in [1.807, 2.05) is 19.1 Å². The molecule has 0 fully saturated rings. The van der Waals surface area contributed by atoms with E-state index >= 15 is 0 Å². The van der Waals surface area contributed by atoms with E-state index in [1.54, 1.807) is 11.3 Å². The Kier molecular flexibility index (Phi) is 6.07. The summed E-state index contributed by atoms with van der Waals surface area (Å²) < 4.78 is 6.67. The second kappa shape index (κ2) is 7.81. The molecule has 0 saturated heterocycles. The van der Waals surface area contributed by atoms with Gasteiger partial charge < -0.3 is 10.1 Å². The Labute approximate surface area is 133 Å². The van der Waals surface area contributed by atoms with Gasteiger partial charge in [0.05, 0.1) is 16.4 Å². The lowest BCUT2D eigenvalue weighted by atomic mass is 10.1. The Morgan fingerprint density at radius 1 is 1.15 bits per heavy atom. The molecule has 1 aromatic heterocycles. The van der Waals surface area contributed by atoms with E-state index in [1.165, 1.54) is 14.2 Å². The fraction of sp³-hybridized carbons (Fsp3) is 0.375. The van der Waals surface area contributed by atoms with Gasteiger partial charge in [0.2, 0.25) is 0 Å². The first-order valence-electron chi connectivity index (χ1n) is 6.96. The fourth-order valence-corrected chi connectivity index (χ4v) is 3.61. The first-order chi connectivity index (χ1) is 9.74. The summed E-state index contributed by atoms with van der Waals surface area (Å²) in [4.78, 5) is 1.33. The Morgan fingerprint density at radius 2 is 1.90 bits per heavy atom. The summed E-state index contributed by atoms with van der Waals surface area (Å²) in [5.41, 5.74) is 1.27. The lowest BCUT2D eigenvalue weighted by Crippen LogP contribution is -2.22. The van der Waals surface area contributed by atoms with Crippen molar-refractivity contribution >= 4 is 27.3 Å². The van der Waals surface area contributed by atoms with Crippen molar-refractivity contribution < 1.29 is 4.74 Å². The molecule has 0 aliphatic rings. The molecule has 0 amide bonds. The summed E-state index contributed by atoms with van der Waals surface area (Å²) in [6, 6.07) is 12.9. The van der Waals surface area contributed by atoms with Gasteiger partial charge in [0, 0.05) is 4.88 Å². The van der Waals surface area contributed by atoms with Crippen molar-refractivity contribution in [1.29, 1.82) is 0 Å². The molecule has 4 heteroatoms. The third-order valence-electron chi connectivity index (χ3n) is 3.00. The first-order valence-corrected chi connectivity index (χ1v) is 8.57. The minimum atomic E-state index is 0.252. The largest absolute Gasteiger partial charge is 0.494 e. The van der Waals surface area contributed by atoms with Crippen LogP contribution in [0, 0.1) is 0 Å². The lowest BCUT2D eigenvalue weighted by Gasteiger charge is -2.18. The third kappa shape index (κ3) is 4.08. The van der Waals surface area contributed by atoms with Crippen molar-refractivity contribution in [3.63, 3.8) is 0 Å². The summed E-state index contributed by atoms with van der Waals surface area (Å²) in [7, 11) is 0. The monoisotopic (exact) mass is 353 g/mol. The lowest BCUT2D eigenvalue weighted by molar-refractivity contribution is 0.340. The molecule has 1 heterocycles. The molecule has 2 aromatic rings. The van der Waals surface area contributed by atoms with E-state index < -0.39 is 0 Å². The number of rotatable bonds is 7. The van der Waals surface area contributed by atoms with Crippen LogP contribution in [0.3, 0.4) is 0 Å². The molecule has 1 aromatic carbocycles. The normalized spacial score (nSPS) is 12.3. The van der Waals surface area contributed by atoms with E-state index in [-0.39, 0.29) is 6.04 Å². The number of ether oxygens (including phenoxy) is 1. The van der Waals surface area contributed by atoms with Gasteiger partial charge in [0.25, 0.3) is 0 Å². The van der Waals surface area contributed by atoms with E-state index in [0.29, 0.717) is 6.61 Å². The maximum Gasteiger partial charge on any atom is 0.119 e. The van der Waals surface area contributed by atoms with Gasteiger partial charge in [-0.15, -0.1) is 11.3 Å². The summed E-state index contributed by atoms with van der Waals surface area (Å²) in [6.07, 6.45) is 1.13. The number of halogens is 1. The van der Waals surface area contributed by atoms with Crippen molar-refractivity contribution in [2.75, 3.05) is 13.2 Å². The van der Waals surface area contributed by atoms with Crippen molar-refractivity contribution in [3.05, 3.63) is 50.6 Å². The zero-order valence-corrected chi connectivity index (χ0v) is 14.3. The molecule has 108 valence electrons. The number of nitrogens with one attached hydrogen (secondary N) is 1. The smallest absolute Gasteiger partial charge is 0.119 e. The number of hydrogen-bond donors (Lipinski definition) is 1. The molecule has 2 rings (SSSR count). The van der Waals surface area contributed by atoms with Crippen LogP contribution in [0.15, 0.2) is 40.2 Å². The van der Waals surface area contributed by atoms with Crippen LogP contribution < -0.4 is 10.1 Å². The summed E-state index contributed by atoms with van der Waals surface area (Å²) in [5, 5.41) is 3.62. The average molecular weight is 354 g/mol. The molecule has 1 N–H and O–H groups in total. The quantitative estimate of drug-likeness (QED) is 0.756. The van der Waals surface area contributed by atoms with Gasteiger partial charge >= 0.3 is 0 Å². The average Bonchev–Trinajstić information content (AvgIpc) is 2.88. The van der Waals surface area contributed by atoms with Crippen LogP contribution in [0.2, 0.25) is 0 Å². The highest BCUT2D eigenvalue weighted by Crippen LogP contribution is 2.32. The minimum Gasteiger partial charge on any atom is -0.494 e. The Morgan fingerprint density at radius 3 is 2.45 bits per heavy atom. The molecule has 0 aliphatic carbocycles. The molecule has 0 radical (unpaired) electrons. The fourth-order valence-electron chi connectivity index (χ4n) is 2.08. The number of hydrogen-bond acceptors (Lipinski definition) is 3. The second-order valence-corrected chi connectivity index (χ2v) is 7.03. The highest BCUT2D eigenvalue weighted by atomic mass is 79.9. The van der Waals surface area contributed by atoms with Gasteiger partial charge in [-0.2, -0.15) is 0 Å². The maximum atomic E-state index is 5.51. The van der Waals surface area contributed by atoms with Gasteiger partial charge in [-0.1, -0.05) is 19.1 Å². The van der Waals surface area contributed by atoms with Crippen molar-refractivity contribution in [2.45, 2.75) is 26.3 Å². The Bertz CT molecular complexity index is 524. The molecule has 0 bridgehead atoms. The number of thiophene rings is 1. The molecular formula is C16H20BrNOS. The summed E-state index contributed by atoms with van der Waals surface area (Å²) in [5.74, 6) is 0.929. The predicted octanol–water partition coefficient (Wildman–Crippen LogP) is 5.00. The molecule has 0 aliphatic heterocycles. The van der Waals surface area contributed by atoms with Gasteiger partial charge in [-0.05, 0) is 65.6 Å². The van der Waals surface area contributed by atoms with Crippen LogP contribution >= 0.6 is 27.3 Å². The Balaban J connectivity index is 2.21. The highest BCUT2D eigenvalue weighted by molar-refractivity contribution is 9.11. The molecule has 0 spiro atoms. The zero-order chi connectivity index (χ0) is 14.4. The highest BCUT2D eigenvalue weighted by Gasteiger charge is 2.15. The summed E-state index contributed by atoms with van der Waals surface area (Å²) in [6.45, 7) is 5.90. The second-order valence-electron chi connectivity index (χ2n) is 4.53. The molecule has 2 nitrogen and oxygen atoms in total. The zero-order valence-electron chi connectivity index (χ0n) is 11.9. The molecular weight excluding hydrogens is 334 g/mol. The molecule has 1 atom stereocenters. The minimum absolute atomic E-state index is 0.252. The van der Waals surface area contributed by atoms with Crippen molar-refractivity contribution in [3.8, 4) is 5.75 Å². The van der Waals surface area contributed by atoms with E-state index in [0.717, 1.165) is 18.7 Å². The van der Waals surface area contributed by atoms with E-state index in [4.69, 9.17) is 4.74 Å². The summed E-state index contributed by atoms with van der Waals surface area (Å²) >= 11 is 5.32. The first kappa shape index (κ1) is 15.5. The van der Waals surface area contributed by atoms with E-state index in [2.05, 4.69) is 52.4 Å². The molecule has 1 unspecified atom stereocenters. The van der Waals surface area contributed by atoms with Crippen LogP contribution in [0.5, 0.6) is 5.75 Å². The van der Waals surface area contributed by atoms with Gasteiger partial charge in [-0.25, -0.2) is 0 Å². The van der Waals surface area contributed by atoms with Crippen LogP contribution in [0.25, 0.3) is 0 Å². The van der Waals surface area contributed by atoms with Gasteiger partial charge in [0.1, 0.15) is 5.75 Å². The topological polar surface area (TPSA) is 21.3 Å².